The maximum absolute atomic E-state index is 2.23. The Morgan fingerprint density at radius 1 is 0.704 bits per heavy atom. The number of allylic oxidation sites excluding steroid dienone is 1. The number of hydrogen-bond acceptors (Lipinski definition) is 0. The third-order valence-corrected chi connectivity index (χ3v) is 4.35. The Bertz CT molecular complexity index is 825. The fraction of sp³-hybridized carbons (Fsp3) is 0.0769. The predicted octanol–water partition coefficient (Wildman–Crippen LogP) is 7.18. The molecule has 0 aliphatic rings. The average Bonchev–Trinajstić information content (AvgIpc) is 3.44. The Morgan fingerprint density at radius 3 is 1.56 bits per heavy atom. The summed E-state index contributed by atoms with van der Waals surface area (Å²) in [4.78, 5) is 0. The van der Waals surface area contributed by atoms with Crippen LogP contribution in [0.3, 0.4) is 0 Å². The van der Waals surface area contributed by atoms with Gasteiger partial charge in [0.15, 0.2) is 0 Å². The molecule has 4 aromatic carbocycles. The van der Waals surface area contributed by atoms with Crippen molar-refractivity contribution in [2.24, 2.45) is 0 Å². The Kier molecular flexibility index (Phi) is 8.58. The van der Waals surface area contributed by atoms with Crippen molar-refractivity contribution >= 4 is 11.1 Å². The van der Waals surface area contributed by atoms with Gasteiger partial charge in [0.25, 0.3) is 0 Å². The van der Waals surface area contributed by atoms with Gasteiger partial charge in [0, 0.05) is 0 Å². The van der Waals surface area contributed by atoms with Crippen LogP contribution in [0.15, 0.2) is 115 Å². The first-order valence-corrected chi connectivity index (χ1v) is 9.13. The van der Waals surface area contributed by atoms with Gasteiger partial charge < -0.3 is 0 Å². The summed E-state index contributed by atoms with van der Waals surface area (Å²) in [5.41, 5.74) is 6.62. The van der Waals surface area contributed by atoms with Gasteiger partial charge in [0.05, 0.1) is 0 Å². The fourth-order valence-electron chi connectivity index (χ4n) is 3.15. The zero-order chi connectivity index (χ0) is 18.0. The molecule has 0 nitrogen and oxygen atoms in total. The van der Waals surface area contributed by atoms with Crippen molar-refractivity contribution in [3.8, 4) is 0 Å². The standard InChI is InChI=1S/C21H19.C5H5.Fe/c1-2-20(17-11-9-10-12-17)21(18-13-5-3-6-14-18)19-15-7-4-8-16-19;1-2-4-5-3-1;/h3-16H,2H2,1H3;1-5H;/q2*-1;+2. The SMILES string of the molecule is CCC(=C(c1ccccc1)c1ccccc1)[c-]1cccc1.[Fe+2].c1cc[cH-]c1. The van der Waals surface area contributed by atoms with Crippen LogP contribution >= 0.6 is 0 Å². The molecule has 136 valence electrons. The van der Waals surface area contributed by atoms with Crippen LogP contribution in [-0.2, 0) is 17.1 Å². The van der Waals surface area contributed by atoms with E-state index < -0.39 is 0 Å². The summed E-state index contributed by atoms with van der Waals surface area (Å²) in [6.45, 7) is 2.23. The van der Waals surface area contributed by atoms with E-state index in [0.717, 1.165) is 6.42 Å². The molecule has 1 heteroatoms. The number of benzene rings is 2. The average molecular weight is 392 g/mol. The predicted molar refractivity (Wildman–Crippen MR) is 113 cm³/mol. The summed E-state index contributed by atoms with van der Waals surface area (Å²) < 4.78 is 0. The van der Waals surface area contributed by atoms with Gasteiger partial charge in [-0.1, -0.05) is 84.3 Å². The van der Waals surface area contributed by atoms with E-state index in [1.165, 1.54) is 27.8 Å². The molecule has 0 amide bonds. The number of rotatable bonds is 4. The van der Waals surface area contributed by atoms with Gasteiger partial charge in [-0.2, -0.15) is 30.3 Å². The summed E-state index contributed by atoms with van der Waals surface area (Å²) >= 11 is 0. The van der Waals surface area contributed by atoms with E-state index >= 15 is 0 Å². The maximum Gasteiger partial charge on any atom is 2.00 e. The topological polar surface area (TPSA) is 0 Å². The second-order valence-electron chi connectivity index (χ2n) is 6.07. The van der Waals surface area contributed by atoms with Crippen molar-refractivity contribution in [1.29, 1.82) is 0 Å². The molecule has 0 aromatic heterocycles. The Hall–Kier alpha value is -2.60. The molecule has 0 saturated carbocycles. The van der Waals surface area contributed by atoms with Gasteiger partial charge >= 0.3 is 17.1 Å². The first-order valence-electron chi connectivity index (χ1n) is 9.13. The zero-order valence-electron chi connectivity index (χ0n) is 15.5. The van der Waals surface area contributed by atoms with Gasteiger partial charge in [-0.15, -0.1) is 23.3 Å². The minimum Gasteiger partial charge on any atom is -0.214 e. The Morgan fingerprint density at radius 2 is 1.19 bits per heavy atom. The van der Waals surface area contributed by atoms with Crippen LogP contribution in [0.25, 0.3) is 11.1 Å². The van der Waals surface area contributed by atoms with Crippen molar-refractivity contribution in [1.82, 2.24) is 0 Å². The van der Waals surface area contributed by atoms with Crippen LogP contribution < -0.4 is 0 Å². The molecule has 27 heavy (non-hydrogen) atoms. The normalized spacial score (nSPS) is 9.52. The molecule has 0 bridgehead atoms. The molecule has 0 spiro atoms. The minimum absolute atomic E-state index is 0. The van der Waals surface area contributed by atoms with E-state index in [2.05, 4.69) is 91.9 Å². The minimum atomic E-state index is 0. The fourth-order valence-corrected chi connectivity index (χ4v) is 3.15. The summed E-state index contributed by atoms with van der Waals surface area (Å²) in [7, 11) is 0. The molecule has 0 aliphatic carbocycles. The van der Waals surface area contributed by atoms with E-state index in [1.807, 2.05) is 30.3 Å². The van der Waals surface area contributed by atoms with Crippen molar-refractivity contribution in [3.05, 3.63) is 132 Å². The number of hydrogen-bond donors (Lipinski definition) is 0. The molecular formula is C26H24Fe. The molecule has 4 aromatic rings. The van der Waals surface area contributed by atoms with E-state index in [4.69, 9.17) is 0 Å². The smallest absolute Gasteiger partial charge is 0.214 e. The first-order chi connectivity index (χ1) is 12.9. The van der Waals surface area contributed by atoms with Crippen molar-refractivity contribution in [3.63, 3.8) is 0 Å². The van der Waals surface area contributed by atoms with Crippen LogP contribution in [0, 0.1) is 0 Å². The quantitative estimate of drug-likeness (QED) is 0.255. The molecule has 0 N–H and O–H groups in total. The van der Waals surface area contributed by atoms with Gasteiger partial charge in [-0.05, 0) is 6.42 Å². The van der Waals surface area contributed by atoms with Crippen molar-refractivity contribution < 1.29 is 17.1 Å². The third kappa shape index (κ3) is 5.69. The summed E-state index contributed by atoms with van der Waals surface area (Å²) in [5.74, 6) is 0. The molecular weight excluding hydrogens is 368 g/mol. The van der Waals surface area contributed by atoms with Crippen molar-refractivity contribution in [2.45, 2.75) is 13.3 Å². The first kappa shape index (κ1) is 20.7. The van der Waals surface area contributed by atoms with Gasteiger partial charge in [0.2, 0.25) is 0 Å². The van der Waals surface area contributed by atoms with Gasteiger partial charge in [-0.3, -0.25) is 0 Å². The molecule has 0 saturated heterocycles. The van der Waals surface area contributed by atoms with Crippen LogP contribution in [-0.4, -0.2) is 0 Å². The van der Waals surface area contributed by atoms with Crippen LogP contribution in [0.5, 0.6) is 0 Å². The molecule has 4 rings (SSSR count). The van der Waals surface area contributed by atoms with E-state index in [-0.39, 0.29) is 17.1 Å². The monoisotopic (exact) mass is 392 g/mol. The Labute approximate surface area is 173 Å². The summed E-state index contributed by atoms with van der Waals surface area (Å²) in [6.07, 6.45) is 1.02. The molecule has 0 fully saturated rings. The molecule has 0 heterocycles. The maximum atomic E-state index is 2.23. The van der Waals surface area contributed by atoms with Crippen molar-refractivity contribution in [2.75, 3.05) is 0 Å². The molecule has 0 radical (unpaired) electrons. The van der Waals surface area contributed by atoms with Crippen LogP contribution in [0.2, 0.25) is 0 Å². The molecule has 0 unspecified atom stereocenters. The summed E-state index contributed by atoms with van der Waals surface area (Å²) in [6, 6.07) is 40.0. The second kappa shape index (κ2) is 11.2. The Balaban J connectivity index is 0.000000379. The van der Waals surface area contributed by atoms with Gasteiger partial charge in [-0.25, -0.2) is 12.1 Å². The molecule has 0 aliphatic heterocycles. The van der Waals surface area contributed by atoms with Crippen LogP contribution in [0.4, 0.5) is 0 Å². The second-order valence-corrected chi connectivity index (χ2v) is 6.07. The van der Waals surface area contributed by atoms with Crippen LogP contribution in [0.1, 0.15) is 30.0 Å². The van der Waals surface area contributed by atoms with Gasteiger partial charge in [0.1, 0.15) is 0 Å². The third-order valence-electron chi connectivity index (χ3n) is 4.35. The van der Waals surface area contributed by atoms with E-state index in [0.29, 0.717) is 0 Å². The molecule has 0 atom stereocenters. The van der Waals surface area contributed by atoms with E-state index in [1.54, 1.807) is 0 Å². The summed E-state index contributed by atoms with van der Waals surface area (Å²) in [5, 5.41) is 0. The largest absolute Gasteiger partial charge is 2.00 e. The van der Waals surface area contributed by atoms with E-state index in [9.17, 15) is 0 Å². The zero-order valence-corrected chi connectivity index (χ0v) is 16.6.